The standard InChI is InChI=1S/C16H17BrOS/c17-11-3-12-18-15-9-7-14(8-10-15)4-1-5-16-6-2-13-19-16/h1-2,5-10,13H,3-4,11-12H2/b5-1+. The topological polar surface area (TPSA) is 9.23 Å². The van der Waals surface area contributed by atoms with Gasteiger partial charge in [0.1, 0.15) is 5.75 Å². The lowest BCUT2D eigenvalue weighted by molar-refractivity contribution is 0.319. The molecule has 3 heteroatoms. The van der Waals surface area contributed by atoms with Gasteiger partial charge in [-0.2, -0.15) is 0 Å². The average Bonchev–Trinajstić information content (AvgIpc) is 2.94. The minimum Gasteiger partial charge on any atom is -0.494 e. The summed E-state index contributed by atoms with van der Waals surface area (Å²) >= 11 is 5.15. The van der Waals surface area contributed by atoms with Gasteiger partial charge in [-0.25, -0.2) is 0 Å². The number of alkyl halides is 1. The first-order chi connectivity index (χ1) is 9.38. The summed E-state index contributed by atoms with van der Waals surface area (Å²) in [4.78, 5) is 1.30. The van der Waals surface area contributed by atoms with E-state index < -0.39 is 0 Å². The van der Waals surface area contributed by atoms with Crippen molar-refractivity contribution < 1.29 is 4.74 Å². The number of allylic oxidation sites excluding steroid dienone is 1. The first-order valence-electron chi connectivity index (χ1n) is 6.36. The summed E-state index contributed by atoms with van der Waals surface area (Å²) in [5.74, 6) is 0.951. The zero-order chi connectivity index (χ0) is 13.3. The van der Waals surface area contributed by atoms with Crippen molar-refractivity contribution in [3.8, 4) is 5.75 Å². The highest BCUT2D eigenvalue weighted by molar-refractivity contribution is 9.09. The smallest absolute Gasteiger partial charge is 0.119 e. The van der Waals surface area contributed by atoms with Crippen LogP contribution in [0.25, 0.3) is 6.08 Å². The highest BCUT2D eigenvalue weighted by atomic mass is 79.9. The molecule has 2 rings (SSSR count). The van der Waals surface area contributed by atoms with Crippen molar-refractivity contribution in [2.45, 2.75) is 12.8 Å². The van der Waals surface area contributed by atoms with Gasteiger partial charge < -0.3 is 4.74 Å². The van der Waals surface area contributed by atoms with Gasteiger partial charge in [-0.1, -0.05) is 40.2 Å². The van der Waals surface area contributed by atoms with Gasteiger partial charge >= 0.3 is 0 Å². The molecule has 0 saturated heterocycles. The molecule has 1 aromatic heterocycles. The Balaban J connectivity index is 1.81. The predicted molar refractivity (Wildman–Crippen MR) is 87.4 cm³/mol. The molecule has 1 nitrogen and oxygen atoms in total. The molecule has 0 radical (unpaired) electrons. The largest absolute Gasteiger partial charge is 0.494 e. The van der Waals surface area contributed by atoms with E-state index in [1.165, 1.54) is 10.4 Å². The summed E-state index contributed by atoms with van der Waals surface area (Å²) in [6.07, 6.45) is 6.36. The second-order valence-corrected chi connectivity index (χ2v) is 5.93. The Labute approximate surface area is 127 Å². The summed E-state index contributed by atoms with van der Waals surface area (Å²) in [6, 6.07) is 12.5. The summed E-state index contributed by atoms with van der Waals surface area (Å²) < 4.78 is 5.62. The van der Waals surface area contributed by atoms with E-state index in [4.69, 9.17) is 4.74 Å². The van der Waals surface area contributed by atoms with Crippen LogP contribution in [0.15, 0.2) is 47.9 Å². The molecule has 0 aliphatic heterocycles. The van der Waals surface area contributed by atoms with E-state index in [1.807, 2.05) is 12.1 Å². The fraction of sp³-hybridized carbons (Fsp3) is 0.250. The summed E-state index contributed by atoms with van der Waals surface area (Å²) in [6.45, 7) is 0.767. The fourth-order valence-corrected chi connectivity index (χ4v) is 2.54. The lowest BCUT2D eigenvalue weighted by atomic mass is 10.1. The minimum absolute atomic E-state index is 0.767. The molecule has 0 aliphatic rings. The Morgan fingerprint density at radius 2 is 2.00 bits per heavy atom. The Kier molecular flexibility index (Phi) is 6.18. The number of thiophene rings is 1. The van der Waals surface area contributed by atoms with Crippen LogP contribution in [0.2, 0.25) is 0 Å². The zero-order valence-corrected chi connectivity index (χ0v) is 13.1. The van der Waals surface area contributed by atoms with Crippen LogP contribution in [0.3, 0.4) is 0 Å². The predicted octanol–water partition coefficient (Wildman–Crippen LogP) is 5.17. The van der Waals surface area contributed by atoms with Crippen molar-refractivity contribution in [3.05, 3.63) is 58.3 Å². The van der Waals surface area contributed by atoms with E-state index in [0.29, 0.717) is 0 Å². The van der Waals surface area contributed by atoms with E-state index >= 15 is 0 Å². The molecule has 0 spiro atoms. The Bertz CT molecular complexity index is 488. The molecule has 0 N–H and O–H groups in total. The fourth-order valence-electron chi connectivity index (χ4n) is 1.66. The highest BCUT2D eigenvalue weighted by Crippen LogP contribution is 2.15. The first-order valence-corrected chi connectivity index (χ1v) is 8.36. The van der Waals surface area contributed by atoms with Crippen LogP contribution in [0.5, 0.6) is 5.75 Å². The monoisotopic (exact) mass is 336 g/mol. The van der Waals surface area contributed by atoms with Crippen molar-refractivity contribution in [1.29, 1.82) is 0 Å². The van der Waals surface area contributed by atoms with Crippen molar-refractivity contribution in [1.82, 2.24) is 0 Å². The van der Waals surface area contributed by atoms with E-state index in [9.17, 15) is 0 Å². The molecular weight excluding hydrogens is 320 g/mol. The maximum absolute atomic E-state index is 5.62. The van der Waals surface area contributed by atoms with Gasteiger partial charge in [-0.15, -0.1) is 11.3 Å². The molecule has 1 heterocycles. The second-order valence-electron chi connectivity index (χ2n) is 4.16. The van der Waals surface area contributed by atoms with Crippen LogP contribution < -0.4 is 4.74 Å². The van der Waals surface area contributed by atoms with Crippen molar-refractivity contribution in [2.75, 3.05) is 11.9 Å². The molecular formula is C16H17BrOS. The molecule has 0 fully saturated rings. The molecule has 1 aromatic carbocycles. The Morgan fingerprint density at radius 1 is 1.16 bits per heavy atom. The molecule has 2 aromatic rings. The quantitative estimate of drug-likeness (QED) is 0.500. The average molecular weight is 337 g/mol. The highest BCUT2D eigenvalue weighted by Gasteiger charge is 1.94. The normalized spacial score (nSPS) is 11.0. The third-order valence-electron chi connectivity index (χ3n) is 2.65. The van der Waals surface area contributed by atoms with Crippen LogP contribution in [0, 0.1) is 0 Å². The molecule has 0 amide bonds. The Morgan fingerprint density at radius 3 is 2.68 bits per heavy atom. The number of ether oxygens (including phenoxy) is 1. The van der Waals surface area contributed by atoms with Gasteiger partial charge in [0.25, 0.3) is 0 Å². The number of halogens is 1. The molecule has 0 aliphatic carbocycles. The van der Waals surface area contributed by atoms with Gasteiger partial charge in [0.2, 0.25) is 0 Å². The van der Waals surface area contributed by atoms with Gasteiger partial charge in [0.05, 0.1) is 6.61 Å². The van der Waals surface area contributed by atoms with Gasteiger partial charge in [-0.05, 0) is 48.1 Å². The molecule has 0 saturated carbocycles. The van der Waals surface area contributed by atoms with Crippen LogP contribution in [-0.4, -0.2) is 11.9 Å². The number of benzene rings is 1. The molecule has 0 unspecified atom stereocenters. The van der Waals surface area contributed by atoms with Crippen LogP contribution in [0.1, 0.15) is 16.9 Å². The molecule has 0 atom stereocenters. The number of rotatable bonds is 7. The van der Waals surface area contributed by atoms with Crippen molar-refractivity contribution in [2.24, 2.45) is 0 Å². The summed E-state index contributed by atoms with van der Waals surface area (Å²) in [5.41, 5.74) is 1.31. The van der Waals surface area contributed by atoms with Crippen LogP contribution in [-0.2, 0) is 6.42 Å². The van der Waals surface area contributed by atoms with Gasteiger partial charge in [0.15, 0.2) is 0 Å². The second kappa shape index (κ2) is 8.18. The summed E-state index contributed by atoms with van der Waals surface area (Å²) in [7, 11) is 0. The summed E-state index contributed by atoms with van der Waals surface area (Å²) in [5, 5.41) is 3.08. The third-order valence-corrected chi connectivity index (χ3v) is 4.05. The zero-order valence-electron chi connectivity index (χ0n) is 10.7. The first kappa shape index (κ1) is 14.4. The number of hydrogen-bond donors (Lipinski definition) is 0. The Hall–Kier alpha value is -1.06. The van der Waals surface area contributed by atoms with Crippen LogP contribution >= 0.6 is 27.3 Å². The van der Waals surface area contributed by atoms with Crippen molar-refractivity contribution in [3.63, 3.8) is 0 Å². The van der Waals surface area contributed by atoms with E-state index in [2.05, 4.69) is 57.7 Å². The maximum atomic E-state index is 5.62. The number of hydrogen-bond acceptors (Lipinski definition) is 2. The SMILES string of the molecule is BrCCCOc1ccc(C/C=C/c2cccs2)cc1. The maximum Gasteiger partial charge on any atom is 0.119 e. The van der Waals surface area contributed by atoms with Crippen LogP contribution in [0.4, 0.5) is 0 Å². The third kappa shape index (κ3) is 5.21. The van der Waals surface area contributed by atoms with E-state index in [1.54, 1.807) is 11.3 Å². The minimum atomic E-state index is 0.767. The lowest BCUT2D eigenvalue weighted by Crippen LogP contribution is -1.97. The molecule has 19 heavy (non-hydrogen) atoms. The molecule has 100 valence electrons. The van der Waals surface area contributed by atoms with Crippen molar-refractivity contribution >= 4 is 33.3 Å². The lowest BCUT2D eigenvalue weighted by Gasteiger charge is -2.05. The van der Waals surface area contributed by atoms with E-state index in [0.717, 1.165) is 30.5 Å². The van der Waals surface area contributed by atoms with E-state index in [-0.39, 0.29) is 0 Å². The molecule has 0 bridgehead atoms. The van der Waals surface area contributed by atoms with Gasteiger partial charge in [-0.3, -0.25) is 0 Å². The van der Waals surface area contributed by atoms with Gasteiger partial charge in [0, 0.05) is 10.2 Å².